The van der Waals surface area contributed by atoms with Gasteiger partial charge in [-0.25, -0.2) is 0 Å². The van der Waals surface area contributed by atoms with Crippen LogP contribution >= 0.6 is 11.3 Å². The monoisotopic (exact) mass is 320 g/mol. The normalized spacial score (nSPS) is 10.7. The molecule has 0 atom stereocenters. The van der Waals surface area contributed by atoms with E-state index in [9.17, 15) is 9.59 Å². The largest absolute Gasteiger partial charge is 0.383 e. The van der Waals surface area contributed by atoms with Crippen LogP contribution in [-0.4, -0.2) is 36.1 Å². The molecule has 0 aliphatic carbocycles. The number of carbonyl (C=O) groups excluding carboxylic acids is 1. The quantitative estimate of drug-likeness (QED) is 0.888. The van der Waals surface area contributed by atoms with E-state index in [1.807, 2.05) is 18.4 Å². The molecule has 0 spiro atoms. The van der Waals surface area contributed by atoms with Gasteiger partial charge in [-0.3, -0.25) is 9.59 Å². The molecule has 1 N–H and O–H groups in total. The fourth-order valence-electron chi connectivity index (χ4n) is 2.18. The first-order valence-electron chi connectivity index (χ1n) is 7.03. The molecule has 6 heteroatoms. The van der Waals surface area contributed by atoms with Crippen molar-refractivity contribution in [3.8, 4) is 0 Å². The second-order valence-electron chi connectivity index (χ2n) is 5.16. The summed E-state index contributed by atoms with van der Waals surface area (Å²) in [5.74, 6) is -0.154. The number of aryl methyl sites for hydroxylation is 2. The highest BCUT2D eigenvalue weighted by Crippen LogP contribution is 2.19. The van der Waals surface area contributed by atoms with Crippen LogP contribution in [0.2, 0.25) is 0 Å². The van der Waals surface area contributed by atoms with Gasteiger partial charge in [0.05, 0.1) is 13.2 Å². The van der Waals surface area contributed by atoms with Crippen LogP contribution in [0.5, 0.6) is 0 Å². The number of carbonyl (C=O) groups is 1. The number of rotatable bonds is 6. The highest BCUT2D eigenvalue weighted by Gasteiger charge is 2.18. The number of nitrogens with zero attached hydrogens (tertiary/aromatic N) is 1. The van der Waals surface area contributed by atoms with Crippen molar-refractivity contribution < 1.29 is 9.53 Å². The van der Waals surface area contributed by atoms with Crippen molar-refractivity contribution in [2.75, 3.05) is 20.3 Å². The summed E-state index contributed by atoms with van der Waals surface area (Å²) in [7, 11) is 1.61. The number of pyridine rings is 1. The number of aromatic nitrogens is 1. The van der Waals surface area contributed by atoms with Gasteiger partial charge in [-0.15, -0.1) is 11.3 Å². The fourth-order valence-corrected chi connectivity index (χ4v) is 3.10. The summed E-state index contributed by atoms with van der Waals surface area (Å²) in [4.78, 5) is 29.8. The lowest BCUT2D eigenvalue weighted by Gasteiger charge is -2.22. The Kier molecular flexibility index (Phi) is 5.51. The van der Waals surface area contributed by atoms with E-state index >= 15 is 0 Å². The van der Waals surface area contributed by atoms with E-state index in [0.29, 0.717) is 31.0 Å². The summed E-state index contributed by atoms with van der Waals surface area (Å²) in [6, 6.07) is 5.08. The van der Waals surface area contributed by atoms with Gasteiger partial charge in [0.15, 0.2) is 0 Å². The van der Waals surface area contributed by atoms with Crippen LogP contribution in [0.15, 0.2) is 28.4 Å². The molecule has 2 aromatic heterocycles. The van der Waals surface area contributed by atoms with Crippen LogP contribution in [0.1, 0.15) is 26.5 Å². The molecule has 2 aromatic rings. The summed E-state index contributed by atoms with van der Waals surface area (Å²) < 4.78 is 5.10. The van der Waals surface area contributed by atoms with E-state index in [0.717, 1.165) is 4.88 Å². The molecule has 0 aromatic carbocycles. The molecule has 0 aliphatic heterocycles. The van der Waals surface area contributed by atoms with Crippen LogP contribution in [0.4, 0.5) is 0 Å². The molecule has 2 heterocycles. The summed E-state index contributed by atoms with van der Waals surface area (Å²) in [6.45, 7) is 5.26. The molecule has 0 aliphatic rings. The summed E-state index contributed by atoms with van der Waals surface area (Å²) in [5.41, 5.74) is 1.99. The Bertz CT molecular complexity index is 705. The minimum absolute atomic E-state index is 0.154. The summed E-state index contributed by atoms with van der Waals surface area (Å²) in [6.07, 6.45) is 0. The van der Waals surface area contributed by atoms with E-state index in [2.05, 4.69) is 4.98 Å². The van der Waals surface area contributed by atoms with Crippen molar-refractivity contribution in [1.29, 1.82) is 0 Å². The van der Waals surface area contributed by atoms with Crippen molar-refractivity contribution in [3.05, 3.63) is 55.6 Å². The molecular formula is C16H20N2O3S. The number of hydrogen-bond acceptors (Lipinski definition) is 4. The molecule has 22 heavy (non-hydrogen) atoms. The molecular weight excluding hydrogens is 300 g/mol. The first-order valence-corrected chi connectivity index (χ1v) is 7.91. The Hall–Kier alpha value is -1.92. The third kappa shape index (κ3) is 4.05. The molecule has 5 nitrogen and oxygen atoms in total. The maximum Gasteiger partial charge on any atom is 0.254 e. The lowest BCUT2D eigenvalue weighted by atomic mass is 10.2. The standard InChI is InChI=1S/C16H20N2O3S/c1-11-4-7-22-14(11)10-18(5-6-21-3)16(20)13-8-12(2)17-15(19)9-13/h4,7-9H,5-6,10H2,1-3H3,(H,17,19). The van der Waals surface area contributed by atoms with Crippen molar-refractivity contribution in [3.63, 3.8) is 0 Å². The fraction of sp³-hybridized carbons (Fsp3) is 0.375. The van der Waals surface area contributed by atoms with Gasteiger partial charge in [0.2, 0.25) is 5.56 Å². The lowest BCUT2D eigenvalue weighted by Crippen LogP contribution is -2.34. The summed E-state index contributed by atoms with van der Waals surface area (Å²) in [5, 5.41) is 2.01. The molecule has 0 radical (unpaired) electrons. The maximum atomic E-state index is 12.7. The number of nitrogens with one attached hydrogen (secondary N) is 1. The highest BCUT2D eigenvalue weighted by atomic mass is 32.1. The Morgan fingerprint density at radius 1 is 1.36 bits per heavy atom. The Labute approximate surface area is 133 Å². The number of hydrogen-bond donors (Lipinski definition) is 1. The molecule has 118 valence electrons. The first kappa shape index (κ1) is 16.5. The van der Waals surface area contributed by atoms with Gasteiger partial charge in [0, 0.05) is 35.9 Å². The first-order chi connectivity index (χ1) is 10.5. The molecule has 0 saturated carbocycles. The van der Waals surface area contributed by atoms with E-state index in [4.69, 9.17) is 4.74 Å². The number of amides is 1. The van der Waals surface area contributed by atoms with Gasteiger partial charge >= 0.3 is 0 Å². The molecule has 0 bridgehead atoms. The van der Waals surface area contributed by atoms with Gasteiger partial charge in [0.25, 0.3) is 5.91 Å². The van der Waals surface area contributed by atoms with Gasteiger partial charge in [-0.2, -0.15) is 0 Å². The SMILES string of the molecule is COCCN(Cc1sccc1C)C(=O)c1cc(C)[nH]c(=O)c1. The Morgan fingerprint density at radius 3 is 2.73 bits per heavy atom. The second-order valence-corrected chi connectivity index (χ2v) is 6.16. The minimum Gasteiger partial charge on any atom is -0.383 e. The molecule has 1 amide bonds. The van der Waals surface area contributed by atoms with Crippen molar-refractivity contribution >= 4 is 17.2 Å². The number of methoxy groups -OCH3 is 1. The van der Waals surface area contributed by atoms with Crippen LogP contribution in [0.25, 0.3) is 0 Å². The zero-order valence-corrected chi connectivity index (χ0v) is 13.8. The van der Waals surface area contributed by atoms with Crippen molar-refractivity contribution in [1.82, 2.24) is 9.88 Å². The van der Waals surface area contributed by atoms with Crippen LogP contribution in [-0.2, 0) is 11.3 Å². The average molecular weight is 320 g/mol. The molecule has 0 saturated heterocycles. The third-order valence-electron chi connectivity index (χ3n) is 3.38. The van der Waals surface area contributed by atoms with Gasteiger partial charge in [0.1, 0.15) is 0 Å². The predicted molar refractivity (Wildman–Crippen MR) is 87.5 cm³/mol. The molecule has 2 rings (SSSR count). The second kappa shape index (κ2) is 7.38. The van der Waals surface area contributed by atoms with Crippen LogP contribution in [0, 0.1) is 13.8 Å². The third-order valence-corrected chi connectivity index (χ3v) is 4.39. The van der Waals surface area contributed by atoms with Gasteiger partial charge in [-0.1, -0.05) is 0 Å². The highest BCUT2D eigenvalue weighted by molar-refractivity contribution is 7.10. The number of aromatic amines is 1. The lowest BCUT2D eigenvalue weighted by molar-refractivity contribution is 0.0682. The molecule has 0 unspecified atom stereocenters. The van der Waals surface area contributed by atoms with Crippen molar-refractivity contribution in [2.45, 2.75) is 20.4 Å². The zero-order chi connectivity index (χ0) is 16.1. The zero-order valence-electron chi connectivity index (χ0n) is 13.0. The number of ether oxygens (including phenoxy) is 1. The summed E-state index contributed by atoms with van der Waals surface area (Å²) >= 11 is 1.63. The van der Waals surface area contributed by atoms with Crippen LogP contribution in [0.3, 0.4) is 0 Å². The minimum atomic E-state index is -0.262. The number of H-pyrrole nitrogens is 1. The number of thiophene rings is 1. The Balaban J connectivity index is 2.25. The van der Waals surface area contributed by atoms with Gasteiger partial charge < -0.3 is 14.6 Å². The van der Waals surface area contributed by atoms with Crippen LogP contribution < -0.4 is 5.56 Å². The Morgan fingerprint density at radius 2 is 2.14 bits per heavy atom. The van der Waals surface area contributed by atoms with Crippen molar-refractivity contribution in [2.24, 2.45) is 0 Å². The predicted octanol–water partition coefficient (Wildman–Crippen LogP) is 2.34. The topological polar surface area (TPSA) is 62.4 Å². The van der Waals surface area contributed by atoms with E-state index < -0.39 is 0 Å². The smallest absolute Gasteiger partial charge is 0.254 e. The van der Waals surface area contributed by atoms with E-state index in [1.165, 1.54) is 11.6 Å². The average Bonchev–Trinajstić information content (AvgIpc) is 2.87. The maximum absolute atomic E-state index is 12.7. The van der Waals surface area contributed by atoms with E-state index in [1.54, 1.807) is 36.3 Å². The molecule has 0 fully saturated rings. The van der Waals surface area contributed by atoms with Gasteiger partial charge in [-0.05, 0) is 36.9 Å². The van der Waals surface area contributed by atoms with E-state index in [-0.39, 0.29) is 11.5 Å².